The Balaban J connectivity index is 1.52. The molecule has 30 heavy (non-hydrogen) atoms. The second-order valence-corrected chi connectivity index (χ2v) is 7.45. The van der Waals surface area contributed by atoms with Gasteiger partial charge in [-0.05, 0) is 54.8 Å². The molecule has 1 fully saturated rings. The third-order valence-corrected chi connectivity index (χ3v) is 5.37. The molecule has 1 atom stereocenters. The van der Waals surface area contributed by atoms with Crippen molar-refractivity contribution in [3.05, 3.63) is 101 Å². The van der Waals surface area contributed by atoms with Gasteiger partial charge in [0, 0.05) is 24.2 Å². The number of amides is 1. The molecule has 1 aliphatic heterocycles. The molecule has 0 N–H and O–H groups in total. The molecule has 0 spiro atoms. The first-order valence-electron chi connectivity index (χ1n) is 9.90. The summed E-state index contributed by atoms with van der Waals surface area (Å²) in [4.78, 5) is 19.5. The number of aromatic nitrogens is 1. The van der Waals surface area contributed by atoms with Crippen LogP contribution in [0.4, 0.5) is 13.2 Å². The minimum Gasteiger partial charge on any atom is -0.330 e. The van der Waals surface area contributed by atoms with Crippen LogP contribution in [0.25, 0.3) is 0 Å². The highest BCUT2D eigenvalue weighted by Gasteiger charge is 2.32. The Morgan fingerprint density at radius 3 is 2.40 bits per heavy atom. The number of alkyl halides is 3. The molecule has 0 aliphatic carbocycles. The lowest BCUT2D eigenvalue weighted by Crippen LogP contribution is -2.31. The third kappa shape index (κ3) is 4.37. The van der Waals surface area contributed by atoms with Gasteiger partial charge in [-0.3, -0.25) is 9.78 Å². The molecular weight excluding hydrogens is 389 g/mol. The molecule has 0 bridgehead atoms. The number of pyridine rings is 1. The number of likely N-dealkylation sites (tertiary alicyclic amines) is 1. The topological polar surface area (TPSA) is 33.2 Å². The van der Waals surface area contributed by atoms with Crippen LogP contribution in [0.2, 0.25) is 0 Å². The Hall–Kier alpha value is -3.15. The van der Waals surface area contributed by atoms with Crippen LogP contribution in [0, 0.1) is 0 Å². The van der Waals surface area contributed by atoms with Crippen LogP contribution in [0.15, 0.2) is 72.8 Å². The van der Waals surface area contributed by atoms with E-state index in [1.807, 2.05) is 53.4 Å². The molecule has 4 rings (SSSR count). The van der Waals surface area contributed by atoms with Gasteiger partial charge in [0.15, 0.2) is 0 Å². The summed E-state index contributed by atoms with van der Waals surface area (Å²) >= 11 is 0. The first-order chi connectivity index (χ1) is 14.4. The van der Waals surface area contributed by atoms with Gasteiger partial charge in [0.1, 0.15) is 0 Å². The quantitative estimate of drug-likeness (QED) is 0.555. The molecule has 154 valence electrons. The zero-order valence-corrected chi connectivity index (χ0v) is 16.3. The molecule has 0 unspecified atom stereocenters. The molecule has 0 saturated carbocycles. The molecule has 2 aromatic carbocycles. The highest BCUT2D eigenvalue weighted by molar-refractivity contribution is 5.94. The number of nitrogens with zero attached hydrogens (tertiary/aromatic N) is 2. The van der Waals surface area contributed by atoms with E-state index in [0.29, 0.717) is 18.5 Å². The molecule has 3 aromatic rings. The zero-order valence-electron chi connectivity index (χ0n) is 16.3. The fourth-order valence-corrected chi connectivity index (χ4v) is 3.87. The van der Waals surface area contributed by atoms with Crippen molar-refractivity contribution >= 4 is 5.91 Å². The number of benzene rings is 2. The van der Waals surface area contributed by atoms with Crippen LogP contribution in [0.5, 0.6) is 0 Å². The Labute approximate surface area is 173 Å². The van der Waals surface area contributed by atoms with Crippen molar-refractivity contribution in [1.29, 1.82) is 0 Å². The summed E-state index contributed by atoms with van der Waals surface area (Å²) in [7, 11) is 0. The van der Waals surface area contributed by atoms with Gasteiger partial charge in [-0.25, -0.2) is 0 Å². The van der Waals surface area contributed by atoms with Gasteiger partial charge in [0.2, 0.25) is 0 Å². The average molecular weight is 410 g/mol. The van der Waals surface area contributed by atoms with Crippen molar-refractivity contribution in [1.82, 2.24) is 9.88 Å². The first kappa shape index (κ1) is 20.1. The summed E-state index contributed by atoms with van der Waals surface area (Å²) in [6, 6.07) is 19.9. The molecule has 1 aliphatic rings. The maximum atomic E-state index is 12.9. The van der Waals surface area contributed by atoms with Crippen molar-refractivity contribution in [2.75, 3.05) is 6.54 Å². The Morgan fingerprint density at radius 1 is 0.967 bits per heavy atom. The summed E-state index contributed by atoms with van der Waals surface area (Å²) in [5.41, 5.74) is 2.35. The van der Waals surface area contributed by atoms with E-state index >= 15 is 0 Å². The summed E-state index contributed by atoms with van der Waals surface area (Å²) in [6.45, 7) is 0.684. The molecule has 1 saturated heterocycles. The Kier molecular flexibility index (Phi) is 5.57. The minimum atomic E-state index is -4.34. The van der Waals surface area contributed by atoms with Gasteiger partial charge in [-0.1, -0.05) is 36.4 Å². The van der Waals surface area contributed by atoms with E-state index in [2.05, 4.69) is 0 Å². The van der Waals surface area contributed by atoms with E-state index in [1.165, 1.54) is 12.1 Å². The van der Waals surface area contributed by atoms with Crippen LogP contribution >= 0.6 is 0 Å². The SMILES string of the molecule is O=C(c1ccccc1)N1CCC[C@H]1c1cccc(Cc2ccc(C(F)(F)F)cc2)n1. The minimum absolute atomic E-state index is 0.00644. The normalized spacial score (nSPS) is 16.6. The van der Waals surface area contributed by atoms with E-state index in [1.54, 1.807) is 0 Å². The van der Waals surface area contributed by atoms with E-state index in [4.69, 9.17) is 4.98 Å². The number of halogens is 3. The summed E-state index contributed by atoms with van der Waals surface area (Å²) in [6.07, 6.45) is -2.15. The predicted octanol–water partition coefficient (Wildman–Crippen LogP) is 5.67. The average Bonchev–Trinajstić information content (AvgIpc) is 3.24. The lowest BCUT2D eigenvalue weighted by Gasteiger charge is -2.25. The van der Waals surface area contributed by atoms with Gasteiger partial charge in [0.25, 0.3) is 5.91 Å². The van der Waals surface area contributed by atoms with Gasteiger partial charge in [-0.15, -0.1) is 0 Å². The lowest BCUT2D eigenvalue weighted by atomic mass is 10.0. The summed E-state index contributed by atoms with van der Waals surface area (Å²) < 4.78 is 38.3. The predicted molar refractivity (Wildman–Crippen MR) is 108 cm³/mol. The standard InChI is InChI=1S/C24H21F3N2O/c25-24(26,27)19-13-11-17(12-14-19)16-20-8-4-9-21(28-20)22-10-5-15-29(22)23(30)18-6-2-1-3-7-18/h1-4,6-9,11-14,22H,5,10,15-16H2/t22-/m0/s1. The number of rotatable bonds is 4. The first-order valence-corrected chi connectivity index (χ1v) is 9.90. The highest BCUT2D eigenvalue weighted by Crippen LogP contribution is 2.33. The van der Waals surface area contributed by atoms with E-state index < -0.39 is 11.7 Å². The Morgan fingerprint density at radius 2 is 1.70 bits per heavy atom. The van der Waals surface area contributed by atoms with Crippen molar-refractivity contribution < 1.29 is 18.0 Å². The summed E-state index contributed by atoms with van der Waals surface area (Å²) in [5.74, 6) is -0.00644. The van der Waals surface area contributed by atoms with Crippen molar-refractivity contribution in [2.45, 2.75) is 31.5 Å². The monoisotopic (exact) mass is 410 g/mol. The molecule has 1 aromatic heterocycles. The smallest absolute Gasteiger partial charge is 0.330 e. The maximum absolute atomic E-state index is 12.9. The third-order valence-electron chi connectivity index (χ3n) is 5.37. The lowest BCUT2D eigenvalue weighted by molar-refractivity contribution is -0.137. The van der Waals surface area contributed by atoms with Crippen LogP contribution in [-0.2, 0) is 12.6 Å². The largest absolute Gasteiger partial charge is 0.416 e. The molecule has 0 radical (unpaired) electrons. The maximum Gasteiger partial charge on any atom is 0.416 e. The van der Waals surface area contributed by atoms with Gasteiger partial charge < -0.3 is 4.90 Å². The number of hydrogen-bond acceptors (Lipinski definition) is 2. The highest BCUT2D eigenvalue weighted by atomic mass is 19.4. The number of carbonyl (C=O) groups is 1. The van der Waals surface area contributed by atoms with Crippen LogP contribution < -0.4 is 0 Å². The van der Waals surface area contributed by atoms with Gasteiger partial charge in [-0.2, -0.15) is 13.2 Å². The second kappa shape index (κ2) is 8.30. The van der Waals surface area contributed by atoms with Crippen molar-refractivity contribution in [3.63, 3.8) is 0 Å². The molecular formula is C24H21F3N2O. The van der Waals surface area contributed by atoms with E-state index in [-0.39, 0.29) is 11.9 Å². The number of hydrogen-bond donors (Lipinski definition) is 0. The second-order valence-electron chi connectivity index (χ2n) is 7.45. The fourth-order valence-electron chi connectivity index (χ4n) is 3.87. The zero-order chi connectivity index (χ0) is 21.1. The fraction of sp³-hybridized carbons (Fsp3) is 0.250. The van der Waals surface area contributed by atoms with Crippen LogP contribution in [0.3, 0.4) is 0 Å². The van der Waals surface area contributed by atoms with E-state index in [9.17, 15) is 18.0 Å². The van der Waals surface area contributed by atoms with Gasteiger partial charge >= 0.3 is 6.18 Å². The molecule has 6 heteroatoms. The molecule has 2 heterocycles. The van der Waals surface area contributed by atoms with Crippen molar-refractivity contribution in [3.8, 4) is 0 Å². The Bertz CT molecular complexity index is 1020. The summed E-state index contributed by atoms with van der Waals surface area (Å²) in [5, 5.41) is 0. The van der Waals surface area contributed by atoms with E-state index in [0.717, 1.165) is 41.9 Å². The van der Waals surface area contributed by atoms with Crippen LogP contribution in [-0.4, -0.2) is 22.3 Å². The number of carbonyl (C=O) groups excluding carboxylic acids is 1. The van der Waals surface area contributed by atoms with Crippen molar-refractivity contribution in [2.24, 2.45) is 0 Å². The molecule has 3 nitrogen and oxygen atoms in total. The molecule has 1 amide bonds. The van der Waals surface area contributed by atoms with Gasteiger partial charge in [0.05, 0.1) is 17.3 Å². The van der Waals surface area contributed by atoms with Crippen LogP contribution in [0.1, 0.15) is 51.8 Å².